The van der Waals surface area contributed by atoms with E-state index in [2.05, 4.69) is 42.0 Å². The quantitative estimate of drug-likeness (QED) is 0.855. The lowest BCUT2D eigenvalue weighted by Gasteiger charge is -2.19. The van der Waals surface area contributed by atoms with Crippen molar-refractivity contribution in [3.63, 3.8) is 0 Å². The first-order chi connectivity index (χ1) is 9.22. The minimum Gasteiger partial charge on any atom is -0.370 e. The van der Waals surface area contributed by atoms with Crippen molar-refractivity contribution in [3.8, 4) is 0 Å². The van der Waals surface area contributed by atoms with E-state index in [-0.39, 0.29) is 0 Å². The summed E-state index contributed by atoms with van der Waals surface area (Å²) in [6.07, 6.45) is 4.43. The number of aryl methyl sites for hydroxylation is 1. The highest BCUT2D eigenvalue weighted by atomic mass is 15.2. The Labute approximate surface area is 116 Å². The second-order valence-corrected chi connectivity index (χ2v) is 5.54. The maximum Gasteiger partial charge on any atom is 0.134 e. The number of hydrogen-bond acceptors (Lipinski definition) is 4. The number of rotatable bonds is 6. The molecule has 1 aliphatic rings. The first-order valence-electron chi connectivity index (χ1n) is 7.59. The van der Waals surface area contributed by atoms with Gasteiger partial charge >= 0.3 is 0 Å². The molecule has 1 unspecified atom stereocenters. The SMILES string of the molecule is CCCNc1cc(N2CCC(C)C2)nc(CCC)n1. The minimum absolute atomic E-state index is 0.775. The fraction of sp³-hybridized carbons (Fsp3) is 0.733. The highest BCUT2D eigenvalue weighted by Gasteiger charge is 2.20. The molecule has 19 heavy (non-hydrogen) atoms. The van der Waals surface area contributed by atoms with Crippen molar-refractivity contribution in [1.82, 2.24) is 9.97 Å². The topological polar surface area (TPSA) is 41.0 Å². The summed E-state index contributed by atoms with van der Waals surface area (Å²) in [4.78, 5) is 11.7. The van der Waals surface area contributed by atoms with E-state index in [1.54, 1.807) is 0 Å². The number of hydrogen-bond donors (Lipinski definition) is 1. The largest absolute Gasteiger partial charge is 0.370 e. The molecule has 4 heteroatoms. The zero-order chi connectivity index (χ0) is 13.7. The average molecular weight is 262 g/mol. The van der Waals surface area contributed by atoms with Gasteiger partial charge in [-0.25, -0.2) is 9.97 Å². The Morgan fingerprint density at radius 3 is 2.79 bits per heavy atom. The molecule has 0 aliphatic carbocycles. The van der Waals surface area contributed by atoms with Gasteiger partial charge in [-0.05, 0) is 25.2 Å². The Morgan fingerprint density at radius 2 is 2.16 bits per heavy atom. The first-order valence-corrected chi connectivity index (χ1v) is 7.59. The Hall–Kier alpha value is -1.32. The Morgan fingerprint density at radius 1 is 1.32 bits per heavy atom. The van der Waals surface area contributed by atoms with Crippen molar-refractivity contribution >= 4 is 11.6 Å². The van der Waals surface area contributed by atoms with Crippen molar-refractivity contribution in [2.24, 2.45) is 5.92 Å². The Bertz CT molecular complexity index is 405. The standard InChI is InChI=1S/C15H26N4/c1-4-6-13-17-14(16-8-5-2)10-15(18-13)19-9-7-12(3)11-19/h10,12H,4-9,11H2,1-3H3,(H,16,17,18). The van der Waals surface area contributed by atoms with E-state index in [0.717, 1.165) is 62.3 Å². The third-order valence-electron chi connectivity index (χ3n) is 3.54. The van der Waals surface area contributed by atoms with Gasteiger partial charge in [0.2, 0.25) is 0 Å². The lowest BCUT2D eigenvalue weighted by Crippen LogP contribution is -2.21. The smallest absolute Gasteiger partial charge is 0.134 e. The van der Waals surface area contributed by atoms with Crippen LogP contribution in [-0.4, -0.2) is 29.6 Å². The van der Waals surface area contributed by atoms with E-state index in [1.807, 2.05) is 0 Å². The summed E-state index contributed by atoms with van der Waals surface area (Å²) in [6.45, 7) is 9.87. The molecule has 2 rings (SSSR count). The molecular weight excluding hydrogens is 236 g/mol. The maximum atomic E-state index is 4.72. The van der Waals surface area contributed by atoms with Crippen molar-refractivity contribution in [2.45, 2.75) is 46.5 Å². The normalized spacial score (nSPS) is 18.9. The van der Waals surface area contributed by atoms with Gasteiger partial charge in [0.05, 0.1) is 0 Å². The van der Waals surface area contributed by atoms with Crippen LogP contribution in [0.25, 0.3) is 0 Å². The average Bonchev–Trinajstić information content (AvgIpc) is 2.83. The van der Waals surface area contributed by atoms with Crippen LogP contribution in [0, 0.1) is 5.92 Å². The zero-order valence-corrected chi connectivity index (χ0v) is 12.4. The zero-order valence-electron chi connectivity index (χ0n) is 12.4. The molecule has 1 aromatic heterocycles. The van der Waals surface area contributed by atoms with Gasteiger partial charge in [-0.15, -0.1) is 0 Å². The van der Waals surface area contributed by atoms with Gasteiger partial charge in [-0.3, -0.25) is 0 Å². The van der Waals surface area contributed by atoms with Crippen LogP contribution in [0.3, 0.4) is 0 Å². The molecule has 1 aromatic rings. The van der Waals surface area contributed by atoms with Crippen molar-refractivity contribution in [3.05, 3.63) is 11.9 Å². The molecule has 0 aromatic carbocycles. The lowest BCUT2D eigenvalue weighted by molar-refractivity contribution is 0.658. The van der Waals surface area contributed by atoms with Crippen LogP contribution in [0.5, 0.6) is 0 Å². The molecule has 1 fully saturated rings. The van der Waals surface area contributed by atoms with Crippen molar-refractivity contribution < 1.29 is 0 Å². The molecule has 0 radical (unpaired) electrons. The van der Waals surface area contributed by atoms with Crippen LogP contribution in [0.15, 0.2) is 6.07 Å². The predicted molar refractivity (Wildman–Crippen MR) is 80.8 cm³/mol. The summed E-state index contributed by atoms with van der Waals surface area (Å²) in [5.74, 6) is 3.83. The van der Waals surface area contributed by atoms with E-state index in [9.17, 15) is 0 Å². The molecular formula is C15H26N4. The summed E-state index contributed by atoms with van der Waals surface area (Å²) in [7, 11) is 0. The molecule has 2 heterocycles. The van der Waals surface area contributed by atoms with Gasteiger partial charge in [0.25, 0.3) is 0 Å². The highest BCUT2D eigenvalue weighted by molar-refractivity contribution is 5.50. The molecule has 0 bridgehead atoms. The van der Waals surface area contributed by atoms with E-state index < -0.39 is 0 Å². The fourth-order valence-electron chi connectivity index (χ4n) is 2.47. The van der Waals surface area contributed by atoms with E-state index >= 15 is 0 Å². The number of nitrogens with one attached hydrogen (secondary N) is 1. The van der Waals surface area contributed by atoms with Gasteiger partial charge in [0.1, 0.15) is 17.5 Å². The summed E-state index contributed by atoms with van der Waals surface area (Å²) < 4.78 is 0. The second-order valence-electron chi connectivity index (χ2n) is 5.54. The van der Waals surface area contributed by atoms with Gasteiger partial charge in [-0.2, -0.15) is 0 Å². The Kier molecular flexibility index (Phi) is 5.00. The van der Waals surface area contributed by atoms with Gasteiger partial charge in [0, 0.05) is 32.1 Å². The monoisotopic (exact) mass is 262 g/mol. The Balaban J connectivity index is 2.18. The van der Waals surface area contributed by atoms with Crippen LogP contribution < -0.4 is 10.2 Å². The number of aromatic nitrogens is 2. The summed E-state index contributed by atoms with van der Waals surface area (Å²) in [5.41, 5.74) is 0. The van der Waals surface area contributed by atoms with Crippen molar-refractivity contribution in [2.75, 3.05) is 29.9 Å². The van der Waals surface area contributed by atoms with Crippen LogP contribution in [0.2, 0.25) is 0 Å². The molecule has 0 amide bonds. The maximum absolute atomic E-state index is 4.72. The molecule has 1 atom stereocenters. The van der Waals surface area contributed by atoms with E-state index in [0.29, 0.717) is 0 Å². The fourth-order valence-corrected chi connectivity index (χ4v) is 2.47. The van der Waals surface area contributed by atoms with Gasteiger partial charge < -0.3 is 10.2 Å². The predicted octanol–water partition coefficient (Wildman–Crippen LogP) is 3.10. The minimum atomic E-state index is 0.775. The second kappa shape index (κ2) is 6.73. The molecule has 4 nitrogen and oxygen atoms in total. The molecule has 1 aliphatic heterocycles. The lowest BCUT2D eigenvalue weighted by atomic mass is 10.2. The molecule has 0 saturated carbocycles. The number of anilines is 2. The van der Waals surface area contributed by atoms with E-state index in [1.165, 1.54) is 6.42 Å². The summed E-state index contributed by atoms with van der Waals surface area (Å²) in [6, 6.07) is 2.10. The highest BCUT2D eigenvalue weighted by Crippen LogP contribution is 2.23. The van der Waals surface area contributed by atoms with Crippen LogP contribution in [-0.2, 0) is 6.42 Å². The first kappa shape index (κ1) is 14.1. The summed E-state index contributed by atoms with van der Waals surface area (Å²) in [5, 5.41) is 3.39. The van der Waals surface area contributed by atoms with E-state index in [4.69, 9.17) is 4.98 Å². The van der Waals surface area contributed by atoms with Gasteiger partial charge in [-0.1, -0.05) is 20.8 Å². The molecule has 106 valence electrons. The summed E-state index contributed by atoms with van der Waals surface area (Å²) >= 11 is 0. The third kappa shape index (κ3) is 3.82. The van der Waals surface area contributed by atoms with Crippen LogP contribution in [0.1, 0.15) is 45.9 Å². The third-order valence-corrected chi connectivity index (χ3v) is 3.54. The van der Waals surface area contributed by atoms with Crippen LogP contribution >= 0.6 is 0 Å². The van der Waals surface area contributed by atoms with Gasteiger partial charge in [0.15, 0.2) is 0 Å². The molecule has 1 N–H and O–H groups in total. The van der Waals surface area contributed by atoms with Crippen LogP contribution in [0.4, 0.5) is 11.6 Å². The number of nitrogens with zero attached hydrogens (tertiary/aromatic N) is 3. The van der Waals surface area contributed by atoms with Crippen molar-refractivity contribution in [1.29, 1.82) is 0 Å². The molecule has 1 saturated heterocycles. The molecule has 0 spiro atoms.